The fourth-order valence-electron chi connectivity index (χ4n) is 3.59. The summed E-state index contributed by atoms with van der Waals surface area (Å²) in [6, 6.07) is 3.92. The number of fused-ring (bicyclic) bond motifs is 1. The van der Waals surface area contributed by atoms with Crippen molar-refractivity contribution in [2.75, 3.05) is 13.2 Å². The molecule has 0 radical (unpaired) electrons. The van der Waals surface area contributed by atoms with Gasteiger partial charge in [0.15, 0.2) is 10.8 Å². The van der Waals surface area contributed by atoms with Crippen LogP contribution >= 0.6 is 11.3 Å². The van der Waals surface area contributed by atoms with Gasteiger partial charge in [-0.05, 0) is 31.9 Å². The molecular weight excluding hydrogens is 312 g/mol. The summed E-state index contributed by atoms with van der Waals surface area (Å²) in [5, 5.41) is 0.768. The van der Waals surface area contributed by atoms with E-state index in [0.717, 1.165) is 28.5 Å². The predicted octanol–water partition coefficient (Wildman–Crippen LogP) is 3.50. The van der Waals surface area contributed by atoms with Crippen molar-refractivity contribution in [2.24, 2.45) is 0 Å². The van der Waals surface area contributed by atoms with Crippen molar-refractivity contribution in [2.45, 2.75) is 44.8 Å². The Labute approximate surface area is 139 Å². The summed E-state index contributed by atoms with van der Waals surface area (Å²) in [6.45, 7) is 3.24. The molecule has 1 aliphatic heterocycles. The Morgan fingerprint density at radius 2 is 2.26 bits per heavy atom. The van der Waals surface area contributed by atoms with E-state index in [-0.39, 0.29) is 18.1 Å². The quantitative estimate of drug-likeness (QED) is 0.845. The molecule has 2 atom stereocenters. The van der Waals surface area contributed by atoms with Gasteiger partial charge in [-0.3, -0.25) is 4.79 Å². The number of ether oxygens (including phenoxy) is 1. The zero-order valence-corrected chi connectivity index (χ0v) is 14.0. The molecule has 2 aliphatic rings. The average molecular weight is 332 g/mol. The van der Waals surface area contributed by atoms with Crippen LogP contribution in [0.25, 0.3) is 10.8 Å². The van der Waals surface area contributed by atoms with Gasteiger partial charge in [0.25, 0.3) is 5.91 Å². The summed E-state index contributed by atoms with van der Waals surface area (Å²) in [5.74, 6) is 0.756. The van der Waals surface area contributed by atoms with E-state index in [4.69, 9.17) is 9.15 Å². The van der Waals surface area contributed by atoms with Gasteiger partial charge in [-0.15, -0.1) is 11.3 Å². The Morgan fingerprint density at radius 3 is 3.09 bits per heavy atom. The molecule has 0 spiro atoms. The highest BCUT2D eigenvalue weighted by atomic mass is 32.1. The highest BCUT2D eigenvalue weighted by Gasteiger charge is 2.38. The van der Waals surface area contributed by atoms with Gasteiger partial charge >= 0.3 is 0 Å². The molecule has 0 aromatic carbocycles. The van der Waals surface area contributed by atoms with Gasteiger partial charge in [0.1, 0.15) is 5.69 Å². The van der Waals surface area contributed by atoms with Gasteiger partial charge in [0.2, 0.25) is 0 Å². The Balaban J connectivity index is 1.61. The van der Waals surface area contributed by atoms with E-state index in [1.807, 2.05) is 24.0 Å². The number of nitrogens with zero attached hydrogens (tertiary/aromatic N) is 2. The van der Waals surface area contributed by atoms with Crippen molar-refractivity contribution in [3.63, 3.8) is 0 Å². The first-order valence-corrected chi connectivity index (χ1v) is 8.99. The largest absolute Gasteiger partial charge is 0.462 e. The van der Waals surface area contributed by atoms with Gasteiger partial charge in [0.05, 0.1) is 25.0 Å². The van der Waals surface area contributed by atoms with Gasteiger partial charge in [-0.2, -0.15) is 0 Å². The molecule has 1 saturated carbocycles. The van der Waals surface area contributed by atoms with Crippen LogP contribution in [-0.2, 0) is 4.74 Å². The fourth-order valence-corrected chi connectivity index (χ4v) is 4.46. The van der Waals surface area contributed by atoms with Crippen LogP contribution < -0.4 is 0 Å². The molecule has 6 heteroatoms. The van der Waals surface area contributed by atoms with Crippen molar-refractivity contribution in [1.29, 1.82) is 0 Å². The molecule has 0 N–H and O–H groups in total. The third-order valence-electron chi connectivity index (χ3n) is 4.72. The normalized spacial score (nSPS) is 24.5. The van der Waals surface area contributed by atoms with Crippen molar-refractivity contribution >= 4 is 17.2 Å². The number of aryl methyl sites for hydroxylation is 1. The summed E-state index contributed by atoms with van der Waals surface area (Å²) in [6.07, 6.45) is 6.28. The SMILES string of the molecule is Cc1sc(-c2ccco2)nc1C(=O)N1CCO[C@H]2CCCC[C@@H]21. The Kier molecular flexibility index (Phi) is 3.95. The topological polar surface area (TPSA) is 55.6 Å². The third-order valence-corrected chi connectivity index (χ3v) is 5.71. The van der Waals surface area contributed by atoms with Crippen LogP contribution in [-0.4, -0.2) is 41.1 Å². The molecule has 2 aromatic heterocycles. The zero-order chi connectivity index (χ0) is 15.8. The first-order valence-electron chi connectivity index (χ1n) is 8.18. The first-order chi connectivity index (χ1) is 11.2. The highest BCUT2D eigenvalue weighted by Crippen LogP contribution is 2.32. The van der Waals surface area contributed by atoms with Gasteiger partial charge < -0.3 is 14.1 Å². The molecule has 122 valence electrons. The lowest BCUT2D eigenvalue weighted by Gasteiger charge is -2.43. The summed E-state index contributed by atoms with van der Waals surface area (Å²) in [5.41, 5.74) is 0.563. The lowest BCUT2D eigenvalue weighted by molar-refractivity contribution is -0.0754. The number of hydrogen-bond donors (Lipinski definition) is 0. The van der Waals surface area contributed by atoms with E-state index >= 15 is 0 Å². The molecule has 0 bridgehead atoms. The summed E-state index contributed by atoms with van der Waals surface area (Å²) >= 11 is 1.51. The summed E-state index contributed by atoms with van der Waals surface area (Å²) in [4.78, 5) is 20.5. The molecule has 4 rings (SSSR count). The van der Waals surface area contributed by atoms with Crippen LogP contribution in [0.1, 0.15) is 41.0 Å². The van der Waals surface area contributed by atoms with E-state index in [9.17, 15) is 4.79 Å². The lowest BCUT2D eigenvalue weighted by Crippen LogP contribution is -2.55. The number of thiazole rings is 1. The average Bonchev–Trinajstić information content (AvgIpc) is 3.23. The molecular formula is C17H20N2O3S. The molecule has 1 amide bonds. The van der Waals surface area contributed by atoms with Crippen molar-refractivity contribution in [3.8, 4) is 10.8 Å². The minimum atomic E-state index is 0.0387. The Hall–Kier alpha value is -1.66. The fraction of sp³-hybridized carbons (Fsp3) is 0.529. The van der Waals surface area contributed by atoms with E-state index in [2.05, 4.69) is 4.98 Å². The number of rotatable bonds is 2. The van der Waals surface area contributed by atoms with E-state index < -0.39 is 0 Å². The maximum absolute atomic E-state index is 13.0. The summed E-state index contributed by atoms with van der Waals surface area (Å²) < 4.78 is 11.3. The van der Waals surface area contributed by atoms with E-state index in [1.165, 1.54) is 24.2 Å². The van der Waals surface area contributed by atoms with Crippen molar-refractivity contribution < 1.29 is 13.9 Å². The second-order valence-corrected chi connectivity index (χ2v) is 7.36. The highest BCUT2D eigenvalue weighted by molar-refractivity contribution is 7.15. The van der Waals surface area contributed by atoms with Crippen LogP contribution in [0.2, 0.25) is 0 Å². The number of aromatic nitrogens is 1. The standard InChI is InChI=1S/C17H20N2O3S/c1-11-15(18-16(23-11)14-7-4-9-21-14)17(20)19-8-10-22-13-6-3-2-5-12(13)19/h4,7,9,12-13H,2-3,5-6,8,10H2,1H3/t12-,13-/m0/s1. The molecule has 23 heavy (non-hydrogen) atoms. The predicted molar refractivity (Wildman–Crippen MR) is 87.6 cm³/mol. The molecule has 5 nitrogen and oxygen atoms in total. The summed E-state index contributed by atoms with van der Waals surface area (Å²) in [7, 11) is 0. The van der Waals surface area contributed by atoms with Gasteiger partial charge in [-0.25, -0.2) is 4.98 Å². The smallest absolute Gasteiger partial charge is 0.274 e. The number of morpholine rings is 1. The minimum Gasteiger partial charge on any atom is -0.462 e. The maximum atomic E-state index is 13.0. The lowest BCUT2D eigenvalue weighted by atomic mass is 9.90. The van der Waals surface area contributed by atoms with Crippen molar-refractivity contribution in [3.05, 3.63) is 29.0 Å². The Morgan fingerprint density at radius 1 is 1.39 bits per heavy atom. The van der Waals surface area contributed by atoms with Gasteiger partial charge in [-0.1, -0.05) is 12.8 Å². The van der Waals surface area contributed by atoms with E-state index in [0.29, 0.717) is 18.8 Å². The monoisotopic (exact) mass is 332 g/mol. The number of hydrogen-bond acceptors (Lipinski definition) is 5. The van der Waals surface area contributed by atoms with Crippen LogP contribution in [0.4, 0.5) is 0 Å². The second kappa shape index (κ2) is 6.09. The molecule has 2 fully saturated rings. The third kappa shape index (κ3) is 2.70. The van der Waals surface area contributed by atoms with Crippen LogP contribution in [0, 0.1) is 6.92 Å². The first kappa shape index (κ1) is 14.9. The minimum absolute atomic E-state index is 0.0387. The number of carbonyl (C=O) groups is 1. The molecule has 2 aromatic rings. The molecule has 1 saturated heterocycles. The number of furan rings is 1. The second-order valence-electron chi connectivity index (χ2n) is 6.16. The number of carbonyl (C=O) groups excluding carboxylic acids is 1. The molecule has 0 unspecified atom stereocenters. The van der Waals surface area contributed by atoms with Crippen LogP contribution in [0.3, 0.4) is 0 Å². The van der Waals surface area contributed by atoms with Crippen LogP contribution in [0.5, 0.6) is 0 Å². The zero-order valence-electron chi connectivity index (χ0n) is 13.2. The maximum Gasteiger partial charge on any atom is 0.274 e. The molecule has 3 heterocycles. The van der Waals surface area contributed by atoms with Crippen molar-refractivity contribution in [1.82, 2.24) is 9.88 Å². The molecule has 1 aliphatic carbocycles. The number of amides is 1. The van der Waals surface area contributed by atoms with Gasteiger partial charge in [0, 0.05) is 11.4 Å². The van der Waals surface area contributed by atoms with Crippen LogP contribution in [0.15, 0.2) is 22.8 Å². The van der Waals surface area contributed by atoms with E-state index in [1.54, 1.807) is 6.26 Å². The Bertz CT molecular complexity index is 693.